The summed E-state index contributed by atoms with van der Waals surface area (Å²) in [7, 11) is 1.49. The topological polar surface area (TPSA) is 32.3 Å². The van der Waals surface area contributed by atoms with E-state index >= 15 is 0 Å². The van der Waals surface area contributed by atoms with Crippen molar-refractivity contribution in [2.24, 2.45) is 0 Å². The van der Waals surface area contributed by atoms with Crippen molar-refractivity contribution in [2.75, 3.05) is 7.11 Å². The molecule has 13 heavy (non-hydrogen) atoms. The van der Waals surface area contributed by atoms with Gasteiger partial charge in [-0.05, 0) is 18.1 Å². The molecule has 0 N–H and O–H groups in total. The van der Waals surface area contributed by atoms with Gasteiger partial charge in [0.1, 0.15) is 5.75 Å². The van der Waals surface area contributed by atoms with Gasteiger partial charge in [0, 0.05) is 0 Å². The minimum atomic E-state index is -0.0418. The third-order valence-corrected chi connectivity index (χ3v) is 1.64. The van der Waals surface area contributed by atoms with Crippen LogP contribution in [0.4, 0.5) is 0 Å². The standard InChI is InChI=1S/C10H12O2.K/c1-3-5-8-6-4-7-9(12-2)10(8)11;/h3-4,6-7,11H,1,5H2,2H3;/q;+1/p-1. The van der Waals surface area contributed by atoms with Crippen LogP contribution in [-0.4, -0.2) is 7.11 Å². The molecule has 0 fully saturated rings. The van der Waals surface area contributed by atoms with E-state index in [9.17, 15) is 5.11 Å². The van der Waals surface area contributed by atoms with Crippen molar-refractivity contribution in [3.8, 4) is 11.5 Å². The number of allylic oxidation sites excluding steroid dienone is 1. The molecule has 0 aromatic heterocycles. The number of hydrogen-bond acceptors (Lipinski definition) is 2. The number of para-hydroxylation sites is 1. The predicted octanol–water partition coefficient (Wildman–Crippen LogP) is -1.50. The van der Waals surface area contributed by atoms with Gasteiger partial charge in [-0.25, -0.2) is 0 Å². The van der Waals surface area contributed by atoms with Crippen LogP contribution in [0.2, 0.25) is 0 Å². The van der Waals surface area contributed by atoms with Crippen molar-refractivity contribution >= 4 is 0 Å². The third-order valence-electron chi connectivity index (χ3n) is 1.64. The molecule has 0 spiro atoms. The van der Waals surface area contributed by atoms with Crippen LogP contribution in [0.3, 0.4) is 0 Å². The van der Waals surface area contributed by atoms with Crippen LogP contribution >= 0.6 is 0 Å². The molecular weight excluding hydrogens is 191 g/mol. The first-order chi connectivity index (χ1) is 5.79. The normalized spacial score (nSPS) is 8.69. The zero-order chi connectivity index (χ0) is 8.97. The quantitative estimate of drug-likeness (QED) is 0.441. The SMILES string of the molecule is C=CCc1cccc(OC)c1[O-].[K+]. The van der Waals surface area contributed by atoms with Crippen LogP contribution in [0.25, 0.3) is 0 Å². The molecule has 0 saturated carbocycles. The van der Waals surface area contributed by atoms with E-state index in [1.54, 1.807) is 24.3 Å². The molecule has 64 valence electrons. The van der Waals surface area contributed by atoms with Crippen LogP contribution in [-0.2, 0) is 6.42 Å². The van der Waals surface area contributed by atoms with Crippen molar-refractivity contribution in [1.82, 2.24) is 0 Å². The van der Waals surface area contributed by atoms with E-state index in [1.807, 2.05) is 0 Å². The van der Waals surface area contributed by atoms with Crippen LogP contribution < -0.4 is 61.2 Å². The summed E-state index contributed by atoms with van der Waals surface area (Å²) in [6.45, 7) is 3.57. The molecule has 0 aliphatic heterocycles. The molecule has 3 heteroatoms. The molecule has 0 saturated heterocycles. The smallest absolute Gasteiger partial charge is 0.870 e. The molecule has 1 aromatic rings. The molecular formula is C10H11KO2. The van der Waals surface area contributed by atoms with Gasteiger partial charge in [-0.3, -0.25) is 0 Å². The maximum atomic E-state index is 11.4. The van der Waals surface area contributed by atoms with Gasteiger partial charge in [-0.1, -0.05) is 24.0 Å². The Labute approximate surface area is 121 Å². The Kier molecular flexibility index (Phi) is 6.72. The first-order valence-corrected chi connectivity index (χ1v) is 3.73. The first kappa shape index (κ1) is 13.2. The van der Waals surface area contributed by atoms with Gasteiger partial charge in [-0.15, -0.1) is 6.58 Å². The van der Waals surface area contributed by atoms with E-state index in [4.69, 9.17) is 4.74 Å². The van der Waals surface area contributed by atoms with Gasteiger partial charge in [0.25, 0.3) is 0 Å². The molecule has 0 unspecified atom stereocenters. The average molecular weight is 202 g/mol. The Morgan fingerprint density at radius 1 is 1.54 bits per heavy atom. The van der Waals surface area contributed by atoms with Crippen LogP contribution in [0.5, 0.6) is 11.5 Å². The largest absolute Gasteiger partial charge is 1.00 e. The number of benzene rings is 1. The van der Waals surface area contributed by atoms with Gasteiger partial charge >= 0.3 is 51.4 Å². The average Bonchev–Trinajstić information content (AvgIpc) is 2.09. The van der Waals surface area contributed by atoms with Crippen molar-refractivity contribution in [3.63, 3.8) is 0 Å². The molecule has 0 radical (unpaired) electrons. The second kappa shape index (κ2) is 6.62. The molecule has 1 aromatic carbocycles. The van der Waals surface area contributed by atoms with Gasteiger partial charge in [0.05, 0.1) is 7.11 Å². The van der Waals surface area contributed by atoms with Gasteiger partial charge in [0.15, 0.2) is 0 Å². The molecule has 2 nitrogen and oxygen atoms in total. The van der Waals surface area contributed by atoms with Crippen LogP contribution in [0.1, 0.15) is 5.56 Å². The van der Waals surface area contributed by atoms with E-state index in [0.717, 1.165) is 5.56 Å². The number of ether oxygens (including phenoxy) is 1. The fourth-order valence-electron chi connectivity index (χ4n) is 1.04. The molecule has 0 bridgehead atoms. The summed E-state index contributed by atoms with van der Waals surface area (Å²) in [5.41, 5.74) is 0.726. The summed E-state index contributed by atoms with van der Waals surface area (Å²) < 4.78 is 4.89. The van der Waals surface area contributed by atoms with E-state index in [2.05, 4.69) is 6.58 Å². The fraction of sp³-hybridized carbons (Fsp3) is 0.200. The molecule has 0 amide bonds. The fourth-order valence-corrected chi connectivity index (χ4v) is 1.04. The third kappa shape index (κ3) is 3.44. The molecule has 1 rings (SSSR count). The molecule has 0 heterocycles. The Hall–Kier alpha value is 0.196. The predicted molar refractivity (Wildman–Crippen MR) is 46.3 cm³/mol. The summed E-state index contributed by atoms with van der Waals surface area (Å²) >= 11 is 0. The Bertz CT molecular complexity index is 284. The van der Waals surface area contributed by atoms with Gasteiger partial charge < -0.3 is 9.84 Å². The Morgan fingerprint density at radius 2 is 2.23 bits per heavy atom. The van der Waals surface area contributed by atoms with Crippen molar-refractivity contribution in [1.29, 1.82) is 0 Å². The summed E-state index contributed by atoms with van der Waals surface area (Å²) in [4.78, 5) is 0. The zero-order valence-electron chi connectivity index (χ0n) is 8.04. The van der Waals surface area contributed by atoms with E-state index in [1.165, 1.54) is 7.11 Å². The number of rotatable bonds is 3. The van der Waals surface area contributed by atoms with Crippen LogP contribution in [0.15, 0.2) is 30.9 Å². The van der Waals surface area contributed by atoms with E-state index in [-0.39, 0.29) is 57.1 Å². The second-order valence-corrected chi connectivity index (χ2v) is 2.44. The number of hydrogen-bond donors (Lipinski definition) is 0. The monoisotopic (exact) mass is 202 g/mol. The van der Waals surface area contributed by atoms with E-state index in [0.29, 0.717) is 12.2 Å². The number of methoxy groups -OCH3 is 1. The first-order valence-electron chi connectivity index (χ1n) is 3.73. The van der Waals surface area contributed by atoms with Crippen molar-refractivity contribution in [2.45, 2.75) is 6.42 Å². The summed E-state index contributed by atoms with van der Waals surface area (Å²) in [6, 6.07) is 5.25. The summed E-state index contributed by atoms with van der Waals surface area (Å²) in [5.74, 6) is 0.356. The van der Waals surface area contributed by atoms with Gasteiger partial charge in [-0.2, -0.15) is 0 Å². The molecule has 0 aliphatic carbocycles. The minimum absolute atomic E-state index is 0. The maximum absolute atomic E-state index is 11.4. The Balaban J connectivity index is 0.00000144. The van der Waals surface area contributed by atoms with Crippen molar-refractivity contribution in [3.05, 3.63) is 36.4 Å². The second-order valence-electron chi connectivity index (χ2n) is 2.44. The van der Waals surface area contributed by atoms with Crippen molar-refractivity contribution < 1.29 is 61.2 Å². The van der Waals surface area contributed by atoms with E-state index < -0.39 is 0 Å². The summed E-state index contributed by atoms with van der Waals surface area (Å²) in [5, 5.41) is 11.4. The zero-order valence-corrected chi connectivity index (χ0v) is 11.2. The van der Waals surface area contributed by atoms with Gasteiger partial charge in [0.2, 0.25) is 0 Å². The minimum Gasteiger partial charge on any atom is -0.870 e. The molecule has 0 atom stereocenters. The summed E-state index contributed by atoms with van der Waals surface area (Å²) in [6.07, 6.45) is 2.30. The maximum Gasteiger partial charge on any atom is 1.00 e. The molecule has 0 aliphatic rings. The Morgan fingerprint density at radius 3 is 2.77 bits per heavy atom. The van der Waals surface area contributed by atoms with Crippen LogP contribution in [0, 0.1) is 0 Å².